The standard InChI is InChI=1S/C34H18Br4/c35-33(36)29-24-18-10-8-16-22(24)28-26(20-13-5-2-6-14-20)32-27(25(31(28)29)19-11-3-1-4-12-19)21-15-7-9-17-23(21)30(32)34(37)38/h1-18H. The van der Waals surface area contributed by atoms with E-state index in [0.29, 0.717) is 0 Å². The molecule has 5 aromatic carbocycles. The monoisotopic (exact) mass is 742 g/mol. The summed E-state index contributed by atoms with van der Waals surface area (Å²) in [4.78, 5) is 0. The van der Waals surface area contributed by atoms with E-state index >= 15 is 0 Å². The van der Waals surface area contributed by atoms with E-state index in [2.05, 4.69) is 173 Å². The first-order valence-electron chi connectivity index (χ1n) is 12.2. The molecule has 0 nitrogen and oxygen atoms in total. The molecule has 0 fully saturated rings. The van der Waals surface area contributed by atoms with Gasteiger partial charge in [-0.05, 0) is 119 Å². The van der Waals surface area contributed by atoms with E-state index in [0.717, 1.165) is 6.78 Å². The van der Waals surface area contributed by atoms with Gasteiger partial charge in [-0.25, -0.2) is 0 Å². The fourth-order valence-corrected chi connectivity index (χ4v) is 7.72. The van der Waals surface area contributed by atoms with Crippen molar-refractivity contribution in [3.05, 3.63) is 138 Å². The largest absolute Gasteiger partial charge is 0.0689 e. The highest BCUT2D eigenvalue weighted by atomic mass is 79.9. The third kappa shape index (κ3) is 3.57. The van der Waals surface area contributed by atoms with E-state index in [4.69, 9.17) is 0 Å². The summed E-state index contributed by atoms with van der Waals surface area (Å²) in [7, 11) is 0. The highest BCUT2D eigenvalue weighted by Crippen LogP contribution is 2.63. The molecule has 4 heteroatoms. The van der Waals surface area contributed by atoms with Crippen molar-refractivity contribution >= 4 is 74.9 Å². The number of hydrogen-bond donors (Lipinski definition) is 0. The molecule has 0 saturated heterocycles. The lowest BCUT2D eigenvalue weighted by molar-refractivity contribution is 1.55. The van der Waals surface area contributed by atoms with Crippen LogP contribution < -0.4 is 0 Å². The van der Waals surface area contributed by atoms with E-state index in [1.54, 1.807) is 0 Å². The second-order valence-corrected chi connectivity index (χ2v) is 14.6. The van der Waals surface area contributed by atoms with Crippen molar-refractivity contribution in [1.29, 1.82) is 0 Å². The van der Waals surface area contributed by atoms with Crippen LogP contribution in [0.2, 0.25) is 0 Å². The number of benzene rings is 5. The van der Waals surface area contributed by atoms with Gasteiger partial charge in [0.15, 0.2) is 0 Å². The molecule has 0 atom stereocenters. The molecule has 7 rings (SSSR count). The van der Waals surface area contributed by atoms with Crippen molar-refractivity contribution in [1.82, 2.24) is 0 Å². The molecule has 2 aliphatic rings. The highest BCUT2D eigenvalue weighted by molar-refractivity contribution is 9.28. The predicted molar refractivity (Wildman–Crippen MR) is 176 cm³/mol. The predicted octanol–water partition coefficient (Wildman–Crippen LogP) is 12.0. The summed E-state index contributed by atoms with van der Waals surface area (Å²) in [5.74, 6) is 0. The van der Waals surface area contributed by atoms with Crippen molar-refractivity contribution in [3.8, 4) is 44.5 Å². The SMILES string of the molecule is BrC(Br)=C1c2ccccc2-c2c1c(-c1ccccc1)c1c(c2-c2ccccc2)C(=C(Br)Br)c2ccccc2-1. The lowest BCUT2D eigenvalue weighted by atomic mass is 9.80. The highest BCUT2D eigenvalue weighted by Gasteiger charge is 2.39. The molecular formula is C34H18Br4. The van der Waals surface area contributed by atoms with Gasteiger partial charge in [0, 0.05) is 22.3 Å². The Hall–Kier alpha value is -2.50. The van der Waals surface area contributed by atoms with Crippen molar-refractivity contribution in [2.24, 2.45) is 0 Å². The van der Waals surface area contributed by atoms with Crippen LogP contribution in [0.5, 0.6) is 0 Å². The van der Waals surface area contributed by atoms with Crippen molar-refractivity contribution in [3.63, 3.8) is 0 Å². The summed E-state index contributed by atoms with van der Waals surface area (Å²) < 4.78 is 1.91. The average molecular weight is 746 g/mol. The van der Waals surface area contributed by atoms with E-state index in [1.807, 2.05) is 0 Å². The van der Waals surface area contributed by atoms with Crippen molar-refractivity contribution in [2.75, 3.05) is 0 Å². The third-order valence-electron chi connectivity index (χ3n) is 7.43. The summed E-state index contributed by atoms with van der Waals surface area (Å²) in [5, 5.41) is 0. The normalized spacial score (nSPS) is 12.6. The third-order valence-corrected chi connectivity index (χ3v) is 9.02. The zero-order valence-corrected chi connectivity index (χ0v) is 26.2. The van der Waals surface area contributed by atoms with Crippen LogP contribution in [-0.2, 0) is 0 Å². The van der Waals surface area contributed by atoms with Gasteiger partial charge in [0.05, 0.1) is 6.78 Å². The van der Waals surface area contributed by atoms with E-state index in [1.165, 1.54) is 77.9 Å². The first-order valence-corrected chi connectivity index (χ1v) is 15.4. The Kier molecular flexibility index (Phi) is 6.20. The Morgan fingerprint density at radius 3 is 0.974 bits per heavy atom. The molecule has 5 aromatic rings. The smallest absolute Gasteiger partial charge is 0.0622 e. The second kappa shape index (κ2) is 9.60. The molecule has 182 valence electrons. The molecule has 0 aromatic heterocycles. The zero-order chi connectivity index (χ0) is 26.0. The Balaban J connectivity index is 1.81. The molecule has 2 aliphatic carbocycles. The van der Waals surface area contributed by atoms with Gasteiger partial charge in [-0.1, -0.05) is 109 Å². The molecule has 0 N–H and O–H groups in total. The molecule has 0 radical (unpaired) electrons. The van der Waals surface area contributed by atoms with Gasteiger partial charge in [0.1, 0.15) is 0 Å². The fraction of sp³-hybridized carbons (Fsp3) is 0. The van der Waals surface area contributed by atoms with Crippen LogP contribution in [0.4, 0.5) is 0 Å². The van der Waals surface area contributed by atoms with E-state index in [-0.39, 0.29) is 0 Å². The lowest BCUT2D eigenvalue weighted by Crippen LogP contribution is -1.99. The van der Waals surface area contributed by atoms with Crippen LogP contribution in [0, 0.1) is 0 Å². The summed E-state index contributed by atoms with van der Waals surface area (Å²) >= 11 is 15.4. The van der Waals surface area contributed by atoms with Crippen LogP contribution in [0.25, 0.3) is 55.7 Å². The number of halogens is 4. The fourth-order valence-electron chi connectivity index (χ4n) is 6.08. The van der Waals surface area contributed by atoms with Crippen LogP contribution >= 0.6 is 63.7 Å². The van der Waals surface area contributed by atoms with E-state index in [9.17, 15) is 0 Å². The molecule has 0 amide bonds. The maximum atomic E-state index is 3.85. The summed E-state index contributed by atoms with van der Waals surface area (Å²) in [6, 6.07) is 39.1. The molecule has 38 heavy (non-hydrogen) atoms. The van der Waals surface area contributed by atoms with Gasteiger partial charge >= 0.3 is 0 Å². The maximum absolute atomic E-state index is 3.85. The topological polar surface area (TPSA) is 0 Å². The molecule has 0 heterocycles. The van der Waals surface area contributed by atoms with Gasteiger partial charge in [-0.15, -0.1) is 0 Å². The number of fused-ring (bicyclic) bond motifs is 6. The average Bonchev–Trinajstić information content (AvgIpc) is 3.46. The van der Waals surface area contributed by atoms with Gasteiger partial charge < -0.3 is 0 Å². The summed E-state index contributed by atoms with van der Waals surface area (Å²) in [6.07, 6.45) is 0. The summed E-state index contributed by atoms with van der Waals surface area (Å²) in [5.41, 5.74) is 17.2. The maximum Gasteiger partial charge on any atom is 0.0689 e. The van der Waals surface area contributed by atoms with Crippen LogP contribution in [0.15, 0.2) is 116 Å². The Morgan fingerprint density at radius 2 is 0.632 bits per heavy atom. The zero-order valence-electron chi connectivity index (χ0n) is 19.9. The van der Waals surface area contributed by atoms with Crippen LogP contribution in [0.1, 0.15) is 22.3 Å². The van der Waals surface area contributed by atoms with Crippen molar-refractivity contribution in [2.45, 2.75) is 0 Å². The van der Waals surface area contributed by atoms with Gasteiger partial charge in [0.2, 0.25) is 0 Å². The molecule has 0 aliphatic heterocycles. The Labute approximate surface area is 255 Å². The minimum Gasteiger partial charge on any atom is -0.0622 e. The molecule has 0 bridgehead atoms. The second-order valence-electron chi connectivity index (χ2n) is 9.34. The first kappa shape index (κ1) is 24.5. The van der Waals surface area contributed by atoms with Gasteiger partial charge in [-0.2, -0.15) is 0 Å². The lowest BCUT2D eigenvalue weighted by Gasteiger charge is -2.23. The Bertz CT molecular complexity index is 1690. The molecule has 0 spiro atoms. The molecule has 0 saturated carbocycles. The number of hydrogen-bond acceptors (Lipinski definition) is 0. The van der Waals surface area contributed by atoms with Gasteiger partial charge in [0.25, 0.3) is 0 Å². The molecule has 0 unspecified atom stereocenters. The Morgan fingerprint density at radius 1 is 0.316 bits per heavy atom. The quantitative estimate of drug-likeness (QED) is 0.165. The molecular weight excluding hydrogens is 728 g/mol. The minimum atomic E-state index is 0.955. The number of rotatable bonds is 2. The van der Waals surface area contributed by atoms with Crippen LogP contribution in [0.3, 0.4) is 0 Å². The van der Waals surface area contributed by atoms with Gasteiger partial charge in [-0.3, -0.25) is 0 Å². The van der Waals surface area contributed by atoms with Crippen molar-refractivity contribution < 1.29 is 0 Å². The first-order chi connectivity index (χ1) is 18.6. The summed E-state index contributed by atoms with van der Waals surface area (Å²) in [6.45, 7) is 0. The van der Waals surface area contributed by atoms with Crippen LogP contribution in [-0.4, -0.2) is 0 Å². The minimum absolute atomic E-state index is 0.955. The van der Waals surface area contributed by atoms with E-state index < -0.39 is 0 Å².